The SMILES string of the molecule is CC(C)OC(=O)c1cc(-c2nn(C)c(C(F)(F)F)c2Br)c(F)cc1Cl.C[C@@H](Oc1ccc(Oc2ccc(C#N)cc2F)cc1)C(=O)O. The number of halogens is 7. The van der Waals surface area contributed by atoms with Gasteiger partial charge >= 0.3 is 18.1 Å². The van der Waals surface area contributed by atoms with Crippen LogP contribution in [0.25, 0.3) is 11.3 Å². The van der Waals surface area contributed by atoms with Gasteiger partial charge in [-0.25, -0.2) is 18.4 Å². The molecule has 1 N–H and O–H groups in total. The summed E-state index contributed by atoms with van der Waals surface area (Å²) in [4.78, 5) is 22.7. The lowest BCUT2D eigenvalue weighted by atomic mass is 10.1. The highest BCUT2D eigenvalue weighted by molar-refractivity contribution is 9.10. The Morgan fingerprint density at radius 3 is 2.15 bits per heavy atom. The van der Waals surface area contributed by atoms with Gasteiger partial charge in [0.15, 0.2) is 23.4 Å². The van der Waals surface area contributed by atoms with E-state index in [0.29, 0.717) is 16.2 Å². The van der Waals surface area contributed by atoms with Crippen LogP contribution in [-0.2, 0) is 22.8 Å². The number of rotatable bonds is 8. The summed E-state index contributed by atoms with van der Waals surface area (Å²) >= 11 is 8.67. The molecule has 0 aliphatic carbocycles. The van der Waals surface area contributed by atoms with Gasteiger partial charge in [-0.15, -0.1) is 0 Å². The predicted molar refractivity (Wildman–Crippen MR) is 162 cm³/mol. The molecule has 0 unspecified atom stereocenters. The standard InChI is InChI=1S/C16H12FNO4.C15H12BrClF4N2O2/c1-10(16(19)20)21-12-3-5-13(6-4-12)22-15-7-2-11(9-18)8-14(15)17;1-6(2)25-14(24)7-4-8(10(18)5-9(7)17)12-11(16)13(15(19,20)21)23(3)22-12/h2-8,10H,1H3,(H,19,20);4-6H,1-3H3/t10-;/m1./s1. The van der Waals surface area contributed by atoms with Crippen LogP contribution in [0.2, 0.25) is 5.02 Å². The molecule has 0 fully saturated rings. The highest BCUT2D eigenvalue weighted by Crippen LogP contribution is 2.41. The van der Waals surface area contributed by atoms with Gasteiger partial charge in [-0.1, -0.05) is 11.6 Å². The maximum absolute atomic E-state index is 14.3. The van der Waals surface area contributed by atoms with E-state index in [1.54, 1.807) is 13.8 Å². The average molecular weight is 745 g/mol. The fourth-order valence-electron chi connectivity index (χ4n) is 3.76. The summed E-state index contributed by atoms with van der Waals surface area (Å²) in [6.07, 6.45) is -6.11. The fraction of sp³-hybridized carbons (Fsp3) is 0.226. The van der Waals surface area contributed by atoms with Gasteiger partial charge in [0, 0.05) is 12.6 Å². The van der Waals surface area contributed by atoms with Crippen molar-refractivity contribution in [3.05, 3.63) is 92.5 Å². The van der Waals surface area contributed by atoms with Crippen molar-refractivity contribution < 1.29 is 50.9 Å². The van der Waals surface area contributed by atoms with E-state index < -0.39 is 52.1 Å². The first-order chi connectivity index (χ1) is 21.9. The third-order valence-corrected chi connectivity index (χ3v) is 6.97. The highest BCUT2D eigenvalue weighted by Gasteiger charge is 2.39. The number of nitrogens with zero attached hydrogens (tertiary/aromatic N) is 3. The van der Waals surface area contributed by atoms with E-state index in [9.17, 15) is 31.5 Å². The van der Waals surface area contributed by atoms with Gasteiger partial charge in [0.2, 0.25) is 0 Å². The number of carboxylic acid groups (broad SMARTS) is 1. The van der Waals surface area contributed by atoms with Crippen LogP contribution in [0, 0.1) is 23.0 Å². The third-order valence-electron chi connectivity index (χ3n) is 5.91. The van der Waals surface area contributed by atoms with Crippen LogP contribution in [-0.4, -0.2) is 39.0 Å². The first-order valence-electron chi connectivity index (χ1n) is 13.3. The molecule has 3 aromatic carbocycles. The molecule has 0 aliphatic heterocycles. The number of carboxylic acids is 1. The maximum Gasteiger partial charge on any atom is 0.434 e. The molecule has 0 saturated heterocycles. The van der Waals surface area contributed by atoms with Gasteiger partial charge < -0.3 is 19.3 Å². The molecule has 0 spiro atoms. The number of aryl methyl sites for hydroxylation is 1. The van der Waals surface area contributed by atoms with Crippen molar-refractivity contribution in [3.8, 4) is 34.6 Å². The average Bonchev–Trinajstić information content (AvgIpc) is 3.28. The lowest BCUT2D eigenvalue weighted by molar-refractivity contribution is -0.145. The molecule has 1 heterocycles. The van der Waals surface area contributed by atoms with Crippen molar-refractivity contribution >= 4 is 39.5 Å². The van der Waals surface area contributed by atoms with Crippen LogP contribution in [0.4, 0.5) is 22.0 Å². The van der Waals surface area contributed by atoms with E-state index in [2.05, 4.69) is 21.0 Å². The molecular weight excluding hydrogens is 721 g/mol. The highest BCUT2D eigenvalue weighted by atomic mass is 79.9. The zero-order chi connectivity index (χ0) is 35.2. The zero-order valence-corrected chi connectivity index (χ0v) is 27.2. The summed E-state index contributed by atoms with van der Waals surface area (Å²) in [7, 11) is 1.08. The minimum atomic E-state index is -4.69. The summed E-state index contributed by atoms with van der Waals surface area (Å²) in [6, 6.07) is 13.7. The molecule has 0 saturated carbocycles. The van der Waals surface area contributed by atoms with Gasteiger partial charge in [-0.3, -0.25) is 4.68 Å². The molecule has 9 nitrogen and oxygen atoms in total. The second-order valence-electron chi connectivity index (χ2n) is 9.83. The van der Waals surface area contributed by atoms with Crippen LogP contribution in [0.15, 0.2) is 59.1 Å². The maximum atomic E-state index is 14.3. The first kappa shape index (κ1) is 36.8. The van der Waals surface area contributed by atoms with Crippen molar-refractivity contribution in [2.75, 3.05) is 0 Å². The Labute approximate surface area is 278 Å². The summed E-state index contributed by atoms with van der Waals surface area (Å²) in [6.45, 7) is 4.64. The Balaban J connectivity index is 0.000000257. The number of hydrogen-bond acceptors (Lipinski definition) is 7. The van der Waals surface area contributed by atoms with Crippen LogP contribution in [0.5, 0.6) is 17.2 Å². The Morgan fingerprint density at radius 1 is 1.02 bits per heavy atom. The largest absolute Gasteiger partial charge is 0.479 e. The number of aliphatic carboxylic acids is 1. The quantitative estimate of drug-likeness (QED) is 0.141. The van der Waals surface area contributed by atoms with Gasteiger partial charge in [0.25, 0.3) is 0 Å². The van der Waals surface area contributed by atoms with E-state index in [0.717, 1.165) is 25.2 Å². The molecule has 4 rings (SSSR count). The number of aromatic nitrogens is 2. The second-order valence-corrected chi connectivity index (χ2v) is 11.0. The minimum absolute atomic E-state index is 0.00780. The summed E-state index contributed by atoms with van der Waals surface area (Å²) in [5, 5.41) is 20.9. The van der Waals surface area contributed by atoms with Crippen molar-refractivity contribution in [2.45, 2.75) is 39.2 Å². The molecule has 0 bridgehead atoms. The second kappa shape index (κ2) is 15.3. The molecule has 1 atom stereocenters. The van der Waals surface area contributed by atoms with E-state index in [-0.39, 0.29) is 33.2 Å². The van der Waals surface area contributed by atoms with Crippen molar-refractivity contribution in [2.24, 2.45) is 7.05 Å². The molecule has 47 heavy (non-hydrogen) atoms. The van der Waals surface area contributed by atoms with E-state index in [4.69, 9.17) is 36.2 Å². The minimum Gasteiger partial charge on any atom is -0.479 e. The van der Waals surface area contributed by atoms with Crippen molar-refractivity contribution in [3.63, 3.8) is 0 Å². The van der Waals surface area contributed by atoms with E-state index >= 15 is 0 Å². The zero-order valence-electron chi connectivity index (χ0n) is 24.8. The monoisotopic (exact) mass is 743 g/mol. The molecule has 0 amide bonds. The van der Waals surface area contributed by atoms with Crippen LogP contribution in [0.3, 0.4) is 0 Å². The number of esters is 1. The molecule has 16 heteroatoms. The van der Waals surface area contributed by atoms with Gasteiger partial charge in [-0.05, 0) is 91.3 Å². The Morgan fingerprint density at radius 2 is 1.64 bits per heavy atom. The van der Waals surface area contributed by atoms with Gasteiger partial charge in [0.05, 0.1) is 32.8 Å². The van der Waals surface area contributed by atoms with Crippen molar-refractivity contribution in [1.82, 2.24) is 9.78 Å². The Kier molecular flexibility index (Phi) is 12.0. The molecule has 1 aromatic heterocycles. The van der Waals surface area contributed by atoms with Crippen molar-refractivity contribution in [1.29, 1.82) is 5.26 Å². The van der Waals surface area contributed by atoms with Gasteiger partial charge in [0.1, 0.15) is 23.0 Å². The smallest absolute Gasteiger partial charge is 0.434 e. The number of carbonyl (C=O) groups is 2. The fourth-order valence-corrected chi connectivity index (χ4v) is 4.77. The molecule has 0 aliphatic rings. The predicted octanol–water partition coefficient (Wildman–Crippen LogP) is 8.57. The molecule has 0 radical (unpaired) electrons. The Hall–Kier alpha value is -4.68. The topological polar surface area (TPSA) is 124 Å². The van der Waals surface area contributed by atoms with Gasteiger partial charge in [-0.2, -0.15) is 23.5 Å². The van der Waals surface area contributed by atoms with E-state index in [1.165, 1.54) is 43.3 Å². The third kappa shape index (κ3) is 9.43. The number of nitriles is 1. The lowest BCUT2D eigenvalue weighted by Crippen LogP contribution is -2.22. The molecule has 4 aromatic rings. The van der Waals surface area contributed by atoms with Crippen LogP contribution in [0.1, 0.15) is 42.4 Å². The number of alkyl halides is 3. The number of ether oxygens (including phenoxy) is 3. The lowest BCUT2D eigenvalue weighted by Gasteiger charge is -2.11. The molecular formula is C31H24BrClF5N3O6. The summed E-state index contributed by atoms with van der Waals surface area (Å²) in [5.41, 5.74) is -1.65. The molecule has 248 valence electrons. The van der Waals surface area contributed by atoms with Crippen LogP contribution >= 0.6 is 27.5 Å². The number of hydrogen-bond donors (Lipinski definition) is 1. The Bertz CT molecular complexity index is 1820. The van der Waals surface area contributed by atoms with E-state index in [1.807, 2.05) is 6.07 Å². The normalized spacial score (nSPS) is 11.6. The van der Waals surface area contributed by atoms with Crippen LogP contribution < -0.4 is 9.47 Å². The number of benzene rings is 3. The summed E-state index contributed by atoms with van der Waals surface area (Å²) < 4.78 is 82.9. The summed E-state index contributed by atoms with van der Waals surface area (Å²) in [5.74, 6) is -2.73. The number of carbonyl (C=O) groups excluding carboxylic acids is 1. The first-order valence-corrected chi connectivity index (χ1v) is 14.5.